The molecular formula is C9H8F5NO2. The van der Waals surface area contributed by atoms with Crippen LogP contribution in [0.4, 0.5) is 22.0 Å². The van der Waals surface area contributed by atoms with Crippen LogP contribution in [0.5, 0.6) is 5.88 Å². The van der Waals surface area contributed by atoms with Gasteiger partial charge in [-0.1, -0.05) is 0 Å². The average molecular weight is 257 g/mol. The van der Waals surface area contributed by atoms with Crippen molar-refractivity contribution in [1.82, 2.24) is 4.98 Å². The van der Waals surface area contributed by atoms with E-state index in [2.05, 4.69) is 9.72 Å². The second-order valence-electron chi connectivity index (χ2n) is 3.13. The monoisotopic (exact) mass is 257 g/mol. The number of ether oxygens (including phenoxy) is 1. The minimum atomic E-state index is -5.02. The SMILES string of the molecule is Cc1c(C(F)F)cc(OC(F)(F)F)nc1CO. The summed E-state index contributed by atoms with van der Waals surface area (Å²) in [7, 11) is 0. The van der Waals surface area contributed by atoms with Crippen molar-refractivity contribution in [2.75, 3.05) is 0 Å². The molecule has 0 atom stereocenters. The van der Waals surface area contributed by atoms with Gasteiger partial charge in [0.2, 0.25) is 5.88 Å². The zero-order valence-corrected chi connectivity index (χ0v) is 8.55. The third kappa shape index (κ3) is 3.52. The minimum absolute atomic E-state index is 0.0583. The number of aromatic nitrogens is 1. The van der Waals surface area contributed by atoms with E-state index in [4.69, 9.17) is 5.11 Å². The Labute approximate surface area is 92.8 Å². The molecule has 17 heavy (non-hydrogen) atoms. The first-order chi connectivity index (χ1) is 7.74. The van der Waals surface area contributed by atoms with Crippen LogP contribution in [0.3, 0.4) is 0 Å². The van der Waals surface area contributed by atoms with E-state index in [1.165, 1.54) is 6.92 Å². The number of nitrogens with zero attached hydrogens (tertiary/aromatic N) is 1. The summed E-state index contributed by atoms with van der Waals surface area (Å²) < 4.78 is 64.2. The first-order valence-electron chi connectivity index (χ1n) is 4.39. The van der Waals surface area contributed by atoms with Crippen molar-refractivity contribution in [1.29, 1.82) is 0 Å². The summed E-state index contributed by atoms with van der Waals surface area (Å²) in [5.41, 5.74) is -0.984. The molecule has 96 valence electrons. The van der Waals surface area contributed by atoms with Gasteiger partial charge in [-0.2, -0.15) is 0 Å². The van der Waals surface area contributed by atoms with Crippen LogP contribution in [-0.4, -0.2) is 16.5 Å². The van der Waals surface area contributed by atoms with Gasteiger partial charge in [0, 0.05) is 11.6 Å². The predicted molar refractivity (Wildman–Crippen MR) is 46.5 cm³/mol. The second kappa shape index (κ2) is 4.82. The molecule has 0 radical (unpaired) electrons. The summed E-state index contributed by atoms with van der Waals surface area (Å²) in [6.07, 6.45) is -7.99. The zero-order chi connectivity index (χ0) is 13.2. The van der Waals surface area contributed by atoms with Gasteiger partial charge < -0.3 is 9.84 Å². The van der Waals surface area contributed by atoms with Gasteiger partial charge in [0.25, 0.3) is 6.43 Å². The van der Waals surface area contributed by atoms with Gasteiger partial charge in [-0.15, -0.1) is 13.2 Å². The third-order valence-electron chi connectivity index (χ3n) is 2.00. The number of hydrogen-bond donors (Lipinski definition) is 1. The highest BCUT2D eigenvalue weighted by Gasteiger charge is 2.32. The van der Waals surface area contributed by atoms with E-state index in [0.29, 0.717) is 6.07 Å². The van der Waals surface area contributed by atoms with Gasteiger partial charge in [0.05, 0.1) is 12.3 Å². The maximum Gasteiger partial charge on any atom is 0.574 e. The van der Waals surface area contributed by atoms with Crippen LogP contribution in [0.15, 0.2) is 6.07 Å². The molecule has 0 fully saturated rings. The fraction of sp³-hybridized carbons (Fsp3) is 0.444. The van der Waals surface area contributed by atoms with Crippen LogP contribution in [0.25, 0.3) is 0 Å². The van der Waals surface area contributed by atoms with Gasteiger partial charge in [-0.3, -0.25) is 0 Å². The van der Waals surface area contributed by atoms with Gasteiger partial charge >= 0.3 is 6.36 Å². The van der Waals surface area contributed by atoms with E-state index in [9.17, 15) is 22.0 Å². The Bertz CT molecular complexity index is 405. The maximum atomic E-state index is 12.5. The first-order valence-corrected chi connectivity index (χ1v) is 4.39. The Hall–Kier alpha value is -1.44. The lowest BCUT2D eigenvalue weighted by atomic mass is 10.1. The fourth-order valence-corrected chi connectivity index (χ4v) is 1.21. The highest BCUT2D eigenvalue weighted by molar-refractivity contribution is 5.34. The minimum Gasteiger partial charge on any atom is -0.390 e. The van der Waals surface area contributed by atoms with E-state index in [1.807, 2.05) is 0 Å². The summed E-state index contributed by atoms with van der Waals surface area (Å²) in [5.74, 6) is -1.01. The van der Waals surface area contributed by atoms with Crippen molar-refractivity contribution in [3.63, 3.8) is 0 Å². The van der Waals surface area contributed by atoms with E-state index >= 15 is 0 Å². The normalized spacial score (nSPS) is 12.0. The molecule has 1 rings (SSSR count). The van der Waals surface area contributed by atoms with Crippen LogP contribution >= 0.6 is 0 Å². The van der Waals surface area contributed by atoms with Crippen molar-refractivity contribution in [3.8, 4) is 5.88 Å². The van der Waals surface area contributed by atoms with Gasteiger partial charge in [0.1, 0.15) is 0 Å². The molecule has 0 bridgehead atoms. The van der Waals surface area contributed by atoms with Crippen molar-refractivity contribution in [2.24, 2.45) is 0 Å². The third-order valence-corrected chi connectivity index (χ3v) is 2.00. The highest BCUT2D eigenvalue weighted by Crippen LogP contribution is 2.30. The predicted octanol–water partition coefficient (Wildman–Crippen LogP) is 2.72. The molecule has 8 heteroatoms. The summed E-state index contributed by atoms with van der Waals surface area (Å²) in [5, 5.41) is 8.80. The molecule has 0 saturated heterocycles. The van der Waals surface area contributed by atoms with Crippen molar-refractivity contribution in [3.05, 3.63) is 22.9 Å². The molecule has 0 unspecified atom stereocenters. The van der Waals surface area contributed by atoms with Crippen LogP contribution in [0.1, 0.15) is 23.2 Å². The Morgan fingerprint density at radius 1 is 1.41 bits per heavy atom. The molecule has 0 aromatic carbocycles. The molecule has 0 aliphatic rings. The topological polar surface area (TPSA) is 42.4 Å². The largest absolute Gasteiger partial charge is 0.574 e. The molecule has 1 aromatic heterocycles. The lowest BCUT2D eigenvalue weighted by molar-refractivity contribution is -0.276. The Balaban J connectivity index is 3.21. The number of aliphatic hydroxyl groups is 1. The standard InChI is InChI=1S/C9H8F5NO2/c1-4-5(8(10)11)2-7(15-6(4)3-16)17-9(12,13)14/h2,8,16H,3H2,1H3. The second-order valence-corrected chi connectivity index (χ2v) is 3.13. The van der Waals surface area contributed by atoms with Crippen LogP contribution in [-0.2, 0) is 6.61 Å². The number of alkyl halides is 5. The smallest absolute Gasteiger partial charge is 0.390 e. The van der Waals surface area contributed by atoms with E-state index in [0.717, 1.165) is 0 Å². The Morgan fingerprint density at radius 3 is 2.41 bits per heavy atom. The lowest BCUT2D eigenvalue weighted by Crippen LogP contribution is -2.19. The molecule has 1 aromatic rings. The number of aliphatic hydroxyl groups excluding tert-OH is 1. The number of hydrogen-bond acceptors (Lipinski definition) is 3. The number of pyridine rings is 1. The summed E-state index contributed by atoms with van der Waals surface area (Å²) in [6, 6.07) is 0.507. The summed E-state index contributed by atoms with van der Waals surface area (Å²) >= 11 is 0. The molecule has 3 nitrogen and oxygen atoms in total. The summed E-state index contributed by atoms with van der Waals surface area (Å²) in [6.45, 7) is 0.484. The van der Waals surface area contributed by atoms with Crippen LogP contribution in [0, 0.1) is 6.92 Å². The maximum absolute atomic E-state index is 12.5. The van der Waals surface area contributed by atoms with Crippen molar-refractivity contribution < 1.29 is 31.8 Å². The van der Waals surface area contributed by atoms with E-state index in [1.54, 1.807) is 0 Å². The first kappa shape index (κ1) is 13.6. The molecular weight excluding hydrogens is 249 g/mol. The Kier molecular flexibility index (Phi) is 3.87. The quantitative estimate of drug-likeness (QED) is 0.846. The average Bonchev–Trinajstić information content (AvgIpc) is 2.17. The van der Waals surface area contributed by atoms with Crippen molar-refractivity contribution >= 4 is 0 Å². The zero-order valence-electron chi connectivity index (χ0n) is 8.55. The van der Waals surface area contributed by atoms with E-state index in [-0.39, 0.29) is 11.3 Å². The molecule has 0 aliphatic carbocycles. The van der Waals surface area contributed by atoms with Crippen LogP contribution in [0.2, 0.25) is 0 Å². The fourth-order valence-electron chi connectivity index (χ4n) is 1.21. The van der Waals surface area contributed by atoms with Gasteiger partial charge in [0.15, 0.2) is 0 Å². The molecule has 1 heterocycles. The molecule has 0 aliphatic heterocycles. The van der Waals surface area contributed by atoms with Gasteiger partial charge in [-0.25, -0.2) is 13.8 Å². The van der Waals surface area contributed by atoms with Crippen LogP contribution < -0.4 is 4.74 Å². The highest BCUT2D eigenvalue weighted by atomic mass is 19.4. The number of halogens is 5. The molecule has 0 saturated carbocycles. The summed E-state index contributed by atoms with van der Waals surface area (Å²) in [4.78, 5) is 3.29. The van der Waals surface area contributed by atoms with Gasteiger partial charge in [-0.05, 0) is 12.5 Å². The van der Waals surface area contributed by atoms with Crippen molar-refractivity contribution in [2.45, 2.75) is 26.3 Å². The molecule has 1 N–H and O–H groups in total. The lowest BCUT2D eigenvalue weighted by Gasteiger charge is -2.13. The molecule has 0 amide bonds. The Morgan fingerprint density at radius 2 is 2.00 bits per heavy atom. The molecule has 0 spiro atoms. The van der Waals surface area contributed by atoms with E-state index < -0.39 is 30.8 Å². The number of rotatable bonds is 3.